The van der Waals surface area contributed by atoms with Crippen molar-refractivity contribution in [2.45, 2.75) is 24.4 Å². The summed E-state index contributed by atoms with van der Waals surface area (Å²) >= 11 is 0. The Bertz CT molecular complexity index is 661. The lowest BCUT2D eigenvalue weighted by Gasteiger charge is -2.37. The van der Waals surface area contributed by atoms with Crippen molar-refractivity contribution in [2.24, 2.45) is 0 Å². The smallest absolute Gasteiger partial charge is 0.236 e. The molecule has 0 unspecified atom stereocenters. The second-order valence-electron chi connectivity index (χ2n) is 6.62. The molecule has 26 heavy (non-hydrogen) atoms. The largest absolute Gasteiger partial charge is 0.394 e. The van der Waals surface area contributed by atoms with Gasteiger partial charge in [-0.05, 0) is 7.05 Å². The summed E-state index contributed by atoms with van der Waals surface area (Å²) in [6.45, 7) is 3.12. The van der Waals surface area contributed by atoms with E-state index in [2.05, 4.69) is 32.1 Å². The van der Waals surface area contributed by atoms with Crippen LogP contribution in [0.1, 0.15) is 5.82 Å². The van der Waals surface area contributed by atoms with Gasteiger partial charge in [0.15, 0.2) is 0 Å². The number of rotatable bonds is 4. The molecule has 10 nitrogen and oxygen atoms in total. The molecule has 2 aliphatic rings. The zero-order chi connectivity index (χ0) is 18.7. The van der Waals surface area contributed by atoms with Crippen molar-refractivity contribution in [3.05, 3.63) is 11.9 Å². The Hall–Kier alpha value is -2.03. The summed E-state index contributed by atoms with van der Waals surface area (Å²) in [6, 6.07) is 3.06. The van der Waals surface area contributed by atoms with Crippen LogP contribution in [0.15, 0.2) is 6.07 Å². The molecule has 142 valence electrons. The van der Waals surface area contributed by atoms with Crippen molar-refractivity contribution in [3.63, 3.8) is 0 Å². The number of ether oxygens (including phenoxy) is 1. The van der Waals surface area contributed by atoms with Gasteiger partial charge in [0, 0.05) is 32.2 Å². The Morgan fingerprint density at radius 3 is 2.65 bits per heavy atom. The SMILES string of the molecule is CN1CCN(c2cc(N[C@H]3CO[C@H](CO)[C@H](O)[C@@H]3O)nc(C#N)n2)CC1. The predicted octanol–water partition coefficient (Wildman–Crippen LogP) is -2.01. The van der Waals surface area contributed by atoms with Gasteiger partial charge in [0.1, 0.15) is 36.0 Å². The maximum Gasteiger partial charge on any atom is 0.236 e. The molecule has 0 spiro atoms. The first kappa shape index (κ1) is 18.8. The molecule has 0 saturated carbocycles. The summed E-state index contributed by atoms with van der Waals surface area (Å²) in [5, 5.41) is 41.6. The number of hydrogen-bond donors (Lipinski definition) is 4. The quantitative estimate of drug-likeness (QED) is 0.474. The first-order chi connectivity index (χ1) is 12.5. The number of nitrogens with zero attached hydrogens (tertiary/aromatic N) is 5. The summed E-state index contributed by atoms with van der Waals surface area (Å²) < 4.78 is 5.36. The normalized spacial score (nSPS) is 30.0. The second kappa shape index (κ2) is 8.11. The fourth-order valence-corrected chi connectivity index (χ4v) is 3.12. The average Bonchev–Trinajstić information content (AvgIpc) is 2.66. The highest BCUT2D eigenvalue weighted by Crippen LogP contribution is 2.22. The Morgan fingerprint density at radius 1 is 1.27 bits per heavy atom. The maximum absolute atomic E-state index is 10.2. The van der Waals surface area contributed by atoms with E-state index in [1.54, 1.807) is 6.07 Å². The minimum atomic E-state index is -1.21. The van der Waals surface area contributed by atoms with Crippen LogP contribution in [-0.2, 0) is 4.74 Å². The topological polar surface area (TPSA) is 138 Å². The molecule has 2 saturated heterocycles. The van der Waals surface area contributed by atoms with Crippen LogP contribution in [0.2, 0.25) is 0 Å². The van der Waals surface area contributed by atoms with Gasteiger partial charge in [0.25, 0.3) is 0 Å². The summed E-state index contributed by atoms with van der Waals surface area (Å²) in [5.74, 6) is 1.06. The lowest BCUT2D eigenvalue weighted by molar-refractivity contribution is -0.152. The summed E-state index contributed by atoms with van der Waals surface area (Å²) in [7, 11) is 2.06. The molecule has 4 N–H and O–H groups in total. The number of nitriles is 1. The minimum absolute atomic E-state index is 0.0314. The first-order valence-corrected chi connectivity index (χ1v) is 8.59. The highest BCUT2D eigenvalue weighted by atomic mass is 16.5. The molecule has 3 heterocycles. The Labute approximate surface area is 151 Å². The second-order valence-corrected chi connectivity index (χ2v) is 6.62. The Morgan fingerprint density at radius 2 is 2.00 bits per heavy atom. The third-order valence-electron chi connectivity index (χ3n) is 4.79. The van der Waals surface area contributed by atoms with E-state index in [1.165, 1.54) is 0 Å². The minimum Gasteiger partial charge on any atom is -0.394 e. The third-order valence-corrected chi connectivity index (χ3v) is 4.79. The predicted molar refractivity (Wildman–Crippen MR) is 92.7 cm³/mol. The molecule has 0 amide bonds. The summed E-state index contributed by atoms with van der Waals surface area (Å²) in [4.78, 5) is 12.7. The van der Waals surface area contributed by atoms with Crippen molar-refractivity contribution in [1.82, 2.24) is 14.9 Å². The van der Waals surface area contributed by atoms with Crippen LogP contribution < -0.4 is 10.2 Å². The molecule has 0 aromatic carbocycles. The molecule has 1 aromatic rings. The van der Waals surface area contributed by atoms with E-state index in [0.717, 1.165) is 26.2 Å². The van der Waals surface area contributed by atoms with Gasteiger partial charge >= 0.3 is 0 Å². The number of anilines is 2. The number of nitrogens with one attached hydrogen (secondary N) is 1. The van der Waals surface area contributed by atoms with Crippen LogP contribution in [0, 0.1) is 11.3 Å². The highest BCUT2D eigenvalue weighted by molar-refractivity contribution is 5.51. The molecule has 0 bridgehead atoms. The van der Waals surface area contributed by atoms with Gasteiger partial charge in [-0.15, -0.1) is 0 Å². The van der Waals surface area contributed by atoms with Gasteiger partial charge in [-0.2, -0.15) is 5.26 Å². The lowest BCUT2D eigenvalue weighted by atomic mass is 9.98. The van der Waals surface area contributed by atoms with E-state index in [-0.39, 0.29) is 19.0 Å². The van der Waals surface area contributed by atoms with E-state index in [4.69, 9.17) is 9.84 Å². The van der Waals surface area contributed by atoms with E-state index in [1.807, 2.05) is 6.07 Å². The monoisotopic (exact) mass is 364 g/mol. The van der Waals surface area contributed by atoms with E-state index in [0.29, 0.717) is 11.6 Å². The van der Waals surface area contributed by atoms with Crippen LogP contribution >= 0.6 is 0 Å². The standard InChI is InChI=1S/C16H24N6O4/c1-21-2-4-22(5-3-21)14-6-12(19-13(7-17)20-14)18-10-9-26-11(8-23)16(25)15(10)24/h6,10-11,15-16,23-25H,2-5,8-9H2,1H3,(H,18,19,20)/t10-,11+,15+,16-/m0/s1. The molecule has 0 aliphatic carbocycles. The fraction of sp³-hybridized carbons (Fsp3) is 0.688. The zero-order valence-corrected chi connectivity index (χ0v) is 14.6. The molecule has 1 aromatic heterocycles. The molecule has 0 radical (unpaired) electrons. The van der Waals surface area contributed by atoms with Crippen LogP contribution in [0.5, 0.6) is 0 Å². The number of piperazine rings is 1. The van der Waals surface area contributed by atoms with Crippen LogP contribution in [-0.4, -0.2) is 101 Å². The average molecular weight is 364 g/mol. The number of aliphatic hydroxyl groups is 3. The van der Waals surface area contributed by atoms with Crippen molar-refractivity contribution >= 4 is 11.6 Å². The van der Waals surface area contributed by atoms with Gasteiger partial charge in [0.05, 0.1) is 19.3 Å². The summed E-state index contributed by atoms with van der Waals surface area (Å²) in [6.07, 6.45) is -3.15. The number of hydrogen-bond acceptors (Lipinski definition) is 10. The van der Waals surface area contributed by atoms with Gasteiger partial charge in [-0.3, -0.25) is 0 Å². The van der Waals surface area contributed by atoms with Crippen molar-refractivity contribution in [3.8, 4) is 6.07 Å². The maximum atomic E-state index is 10.2. The fourth-order valence-electron chi connectivity index (χ4n) is 3.12. The molecule has 3 rings (SSSR count). The van der Waals surface area contributed by atoms with Gasteiger partial charge in [-0.1, -0.05) is 0 Å². The highest BCUT2D eigenvalue weighted by Gasteiger charge is 2.38. The van der Waals surface area contributed by atoms with Crippen molar-refractivity contribution in [2.75, 3.05) is 56.7 Å². The lowest BCUT2D eigenvalue weighted by Crippen LogP contribution is -2.56. The van der Waals surface area contributed by atoms with E-state index in [9.17, 15) is 15.5 Å². The summed E-state index contributed by atoms with van der Waals surface area (Å²) in [5.41, 5.74) is 0. The van der Waals surface area contributed by atoms with Crippen LogP contribution in [0.25, 0.3) is 0 Å². The zero-order valence-electron chi connectivity index (χ0n) is 14.6. The van der Waals surface area contributed by atoms with E-state index < -0.39 is 24.4 Å². The van der Waals surface area contributed by atoms with Gasteiger partial charge < -0.3 is 35.2 Å². The van der Waals surface area contributed by atoms with Gasteiger partial charge in [-0.25, -0.2) is 9.97 Å². The third kappa shape index (κ3) is 4.03. The van der Waals surface area contributed by atoms with Gasteiger partial charge in [0.2, 0.25) is 5.82 Å². The number of aliphatic hydroxyl groups excluding tert-OH is 3. The van der Waals surface area contributed by atoms with Crippen molar-refractivity contribution in [1.29, 1.82) is 5.26 Å². The van der Waals surface area contributed by atoms with E-state index >= 15 is 0 Å². The molecule has 4 atom stereocenters. The molecular weight excluding hydrogens is 340 g/mol. The van der Waals surface area contributed by atoms with Crippen LogP contribution in [0.3, 0.4) is 0 Å². The Balaban J connectivity index is 1.75. The number of aromatic nitrogens is 2. The Kier molecular flexibility index (Phi) is 5.85. The first-order valence-electron chi connectivity index (χ1n) is 8.59. The van der Waals surface area contributed by atoms with Crippen molar-refractivity contribution < 1.29 is 20.1 Å². The molecular formula is C16H24N6O4. The number of likely N-dealkylation sites (N-methyl/N-ethyl adjacent to an activating group) is 1. The molecule has 2 aliphatic heterocycles. The van der Waals surface area contributed by atoms with Crippen LogP contribution in [0.4, 0.5) is 11.6 Å². The molecule has 10 heteroatoms. The molecule has 2 fully saturated rings.